The van der Waals surface area contributed by atoms with E-state index in [0.29, 0.717) is 12.5 Å². The number of ether oxygens (including phenoxy) is 1. The highest BCUT2D eigenvalue weighted by molar-refractivity contribution is 5.96. The number of aromatic nitrogens is 5. The molecule has 0 radical (unpaired) electrons. The number of aromatic amines is 1. The van der Waals surface area contributed by atoms with Gasteiger partial charge < -0.3 is 14.6 Å². The Labute approximate surface area is 176 Å². The Balaban J connectivity index is 1.52. The van der Waals surface area contributed by atoms with Gasteiger partial charge in [0.05, 0.1) is 30.4 Å². The Bertz CT molecular complexity index is 1090. The summed E-state index contributed by atoms with van der Waals surface area (Å²) in [6, 6.07) is 8.10. The highest BCUT2D eigenvalue weighted by Crippen LogP contribution is 2.30. The maximum atomic E-state index is 5.85. The average molecular weight is 403 g/mol. The molecule has 0 aliphatic heterocycles. The van der Waals surface area contributed by atoms with E-state index in [1.165, 1.54) is 0 Å². The van der Waals surface area contributed by atoms with Gasteiger partial charge in [-0.15, -0.1) is 0 Å². The zero-order chi connectivity index (χ0) is 20.8. The van der Waals surface area contributed by atoms with E-state index < -0.39 is 0 Å². The first-order chi connectivity index (χ1) is 14.8. The number of rotatable bonds is 9. The third-order valence-electron chi connectivity index (χ3n) is 5.21. The molecule has 3 heterocycles. The molecule has 0 aliphatic rings. The van der Waals surface area contributed by atoms with E-state index in [2.05, 4.69) is 55.8 Å². The van der Waals surface area contributed by atoms with Gasteiger partial charge >= 0.3 is 0 Å². The molecule has 0 spiro atoms. The van der Waals surface area contributed by atoms with Crippen LogP contribution in [0.1, 0.15) is 20.3 Å². The van der Waals surface area contributed by atoms with Crippen LogP contribution in [-0.2, 0) is 0 Å². The van der Waals surface area contributed by atoms with Crippen LogP contribution in [0.3, 0.4) is 0 Å². The minimum Gasteiger partial charge on any atom is -0.477 e. The summed E-state index contributed by atoms with van der Waals surface area (Å²) in [5, 5.41) is 1.08. The average Bonchev–Trinajstić information content (AvgIpc) is 3.23. The molecule has 0 amide bonds. The van der Waals surface area contributed by atoms with E-state index in [1.807, 2.05) is 18.3 Å². The summed E-state index contributed by atoms with van der Waals surface area (Å²) in [7, 11) is 0. The van der Waals surface area contributed by atoms with Gasteiger partial charge in [0.2, 0.25) is 5.88 Å². The summed E-state index contributed by atoms with van der Waals surface area (Å²) in [6.45, 7) is 8.13. The number of benzene rings is 1. The fourth-order valence-corrected chi connectivity index (χ4v) is 3.50. The summed E-state index contributed by atoms with van der Waals surface area (Å²) >= 11 is 0. The second kappa shape index (κ2) is 9.45. The molecule has 0 atom stereocenters. The fourth-order valence-electron chi connectivity index (χ4n) is 3.50. The predicted molar refractivity (Wildman–Crippen MR) is 118 cm³/mol. The van der Waals surface area contributed by atoms with Crippen LogP contribution >= 0.6 is 0 Å². The van der Waals surface area contributed by atoms with E-state index >= 15 is 0 Å². The first kappa shape index (κ1) is 20.0. The lowest BCUT2D eigenvalue weighted by molar-refractivity contribution is 0.244. The lowest BCUT2D eigenvalue weighted by atomic mass is 10.1. The topological polar surface area (TPSA) is 79.8 Å². The molecule has 1 aromatic carbocycles. The molecule has 4 rings (SSSR count). The zero-order valence-corrected chi connectivity index (χ0v) is 17.4. The smallest absolute Gasteiger partial charge is 0.232 e. The van der Waals surface area contributed by atoms with Crippen LogP contribution < -0.4 is 4.74 Å². The van der Waals surface area contributed by atoms with Crippen LogP contribution in [0.25, 0.3) is 33.4 Å². The number of hydrogen-bond donors (Lipinski definition) is 1. The highest BCUT2D eigenvalue weighted by atomic mass is 16.5. The summed E-state index contributed by atoms with van der Waals surface area (Å²) in [6.07, 6.45) is 9.67. The molecule has 0 saturated heterocycles. The van der Waals surface area contributed by atoms with Crippen LogP contribution in [0.15, 0.2) is 55.4 Å². The van der Waals surface area contributed by atoms with Crippen LogP contribution in [0.5, 0.6) is 5.88 Å². The molecule has 0 saturated carbocycles. The van der Waals surface area contributed by atoms with E-state index in [-0.39, 0.29) is 0 Å². The van der Waals surface area contributed by atoms with Crippen molar-refractivity contribution in [1.82, 2.24) is 29.8 Å². The second-order valence-corrected chi connectivity index (χ2v) is 7.03. The third kappa shape index (κ3) is 4.46. The predicted octanol–water partition coefficient (Wildman–Crippen LogP) is 4.19. The Kier molecular flexibility index (Phi) is 6.29. The Morgan fingerprint density at radius 1 is 1.03 bits per heavy atom. The van der Waals surface area contributed by atoms with E-state index in [4.69, 9.17) is 4.74 Å². The molecule has 30 heavy (non-hydrogen) atoms. The van der Waals surface area contributed by atoms with Gasteiger partial charge in [-0.3, -0.25) is 4.98 Å². The first-order valence-corrected chi connectivity index (χ1v) is 10.3. The molecule has 0 unspecified atom stereocenters. The number of nitrogens with zero attached hydrogens (tertiary/aromatic N) is 5. The van der Waals surface area contributed by atoms with E-state index in [9.17, 15) is 0 Å². The van der Waals surface area contributed by atoms with Gasteiger partial charge in [0, 0.05) is 41.0 Å². The Morgan fingerprint density at radius 3 is 2.73 bits per heavy atom. The van der Waals surface area contributed by atoms with Crippen molar-refractivity contribution < 1.29 is 4.74 Å². The summed E-state index contributed by atoms with van der Waals surface area (Å²) in [5.74, 6) is 0.553. The molecule has 4 aromatic rings. The van der Waals surface area contributed by atoms with Crippen LogP contribution in [0.4, 0.5) is 0 Å². The van der Waals surface area contributed by atoms with Gasteiger partial charge in [-0.05, 0) is 37.7 Å². The second-order valence-electron chi connectivity index (χ2n) is 7.03. The number of fused-ring (bicyclic) bond motifs is 1. The summed E-state index contributed by atoms with van der Waals surface area (Å²) in [4.78, 5) is 23.1. The molecule has 0 aliphatic carbocycles. The van der Waals surface area contributed by atoms with Crippen molar-refractivity contribution in [2.75, 3.05) is 26.2 Å². The van der Waals surface area contributed by atoms with E-state index in [1.54, 1.807) is 24.9 Å². The number of nitrogens with one attached hydrogen (secondary N) is 1. The van der Waals surface area contributed by atoms with Crippen molar-refractivity contribution in [3.05, 3.63) is 55.4 Å². The molecular formula is C23H26N6O. The van der Waals surface area contributed by atoms with Crippen molar-refractivity contribution in [3.8, 4) is 28.4 Å². The molecular weight excluding hydrogens is 376 g/mol. The minimum absolute atomic E-state index is 0.553. The van der Waals surface area contributed by atoms with Gasteiger partial charge in [0.1, 0.15) is 6.33 Å². The van der Waals surface area contributed by atoms with Crippen molar-refractivity contribution in [1.29, 1.82) is 0 Å². The maximum absolute atomic E-state index is 5.85. The SMILES string of the molecule is CCN(CC)CCCOc1cncc(-c2ccc3[nH]cc(-c4ccncn4)c3c2)n1. The summed E-state index contributed by atoms with van der Waals surface area (Å²) in [5.41, 5.74) is 4.73. The first-order valence-electron chi connectivity index (χ1n) is 10.3. The lowest BCUT2D eigenvalue weighted by Crippen LogP contribution is -2.25. The largest absolute Gasteiger partial charge is 0.477 e. The molecule has 1 N–H and O–H groups in total. The van der Waals surface area contributed by atoms with Crippen molar-refractivity contribution >= 4 is 10.9 Å². The lowest BCUT2D eigenvalue weighted by Gasteiger charge is -2.17. The fraction of sp³-hybridized carbons (Fsp3) is 0.304. The van der Waals surface area contributed by atoms with Gasteiger partial charge in [-0.1, -0.05) is 19.9 Å². The maximum Gasteiger partial charge on any atom is 0.232 e. The molecule has 154 valence electrons. The monoisotopic (exact) mass is 402 g/mol. The van der Waals surface area contributed by atoms with Gasteiger partial charge in [0.15, 0.2) is 0 Å². The Morgan fingerprint density at radius 2 is 1.93 bits per heavy atom. The molecule has 7 heteroatoms. The van der Waals surface area contributed by atoms with Crippen LogP contribution in [-0.4, -0.2) is 56.1 Å². The highest BCUT2D eigenvalue weighted by Gasteiger charge is 2.10. The van der Waals surface area contributed by atoms with Gasteiger partial charge in [0.25, 0.3) is 0 Å². The molecule has 7 nitrogen and oxygen atoms in total. The van der Waals surface area contributed by atoms with Crippen molar-refractivity contribution in [2.24, 2.45) is 0 Å². The standard InChI is InChI=1S/C23H26N6O/c1-3-29(4-2)10-5-11-30-23-15-25-14-22(28-23)17-6-7-20-18(12-17)19(13-26-20)21-8-9-24-16-27-21/h6-9,12-16,26H,3-5,10-11H2,1-2H3. The van der Waals surface area contributed by atoms with Crippen LogP contribution in [0.2, 0.25) is 0 Å². The number of hydrogen-bond acceptors (Lipinski definition) is 6. The zero-order valence-electron chi connectivity index (χ0n) is 17.4. The quantitative estimate of drug-likeness (QED) is 0.423. The minimum atomic E-state index is 0.553. The van der Waals surface area contributed by atoms with E-state index in [0.717, 1.165) is 59.5 Å². The normalized spacial score (nSPS) is 11.3. The Hall–Kier alpha value is -3.32. The van der Waals surface area contributed by atoms with Gasteiger partial charge in [-0.25, -0.2) is 15.0 Å². The summed E-state index contributed by atoms with van der Waals surface area (Å²) < 4.78 is 5.85. The molecule has 0 bridgehead atoms. The van der Waals surface area contributed by atoms with Crippen molar-refractivity contribution in [3.63, 3.8) is 0 Å². The molecule has 3 aromatic heterocycles. The van der Waals surface area contributed by atoms with Gasteiger partial charge in [-0.2, -0.15) is 0 Å². The molecule has 0 fully saturated rings. The van der Waals surface area contributed by atoms with Crippen LogP contribution in [0, 0.1) is 0 Å². The van der Waals surface area contributed by atoms with Crippen molar-refractivity contribution in [2.45, 2.75) is 20.3 Å². The third-order valence-corrected chi connectivity index (χ3v) is 5.21. The number of H-pyrrole nitrogens is 1.